The van der Waals surface area contributed by atoms with Gasteiger partial charge in [-0.05, 0) is 56.6 Å². The Balaban J connectivity index is 1.20. The molecule has 0 radical (unpaired) electrons. The molecule has 4 heterocycles. The van der Waals surface area contributed by atoms with Gasteiger partial charge in [0.25, 0.3) is 0 Å². The van der Waals surface area contributed by atoms with Crippen LogP contribution < -0.4 is 10.6 Å². The molecule has 1 spiro atoms. The number of hydrogen-bond acceptors (Lipinski definition) is 6. The topological polar surface area (TPSA) is 87.3 Å². The number of ether oxygens (including phenoxy) is 3. The second-order valence-corrected chi connectivity index (χ2v) is 10.3. The molecular formula is C25H36N2O6. The van der Waals surface area contributed by atoms with Gasteiger partial charge in [0.2, 0.25) is 5.79 Å². The molecule has 8 nitrogen and oxygen atoms in total. The van der Waals surface area contributed by atoms with E-state index in [1.54, 1.807) is 0 Å². The molecule has 4 saturated heterocycles. The number of urea groups is 1. The van der Waals surface area contributed by atoms with Crippen LogP contribution in [0.25, 0.3) is 0 Å². The van der Waals surface area contributed by atoms with Crippen molar-refractivity contribution in [2.45, 2.75) is 77.3 Å². The maximum atomic E-state index is 12.2. The molecule has 4 aliphatic heterocycles. The van der Waals surface area contributed by atoms with Crippen LogP contribution in [-0.4, -0.2) is 43.2 Å². The summed E-state index contributed by atoms with van der Waals surface area (Å²) in [6, 6.07) is 7.42. The predicted octanol–water partition coefficient (Wildman–Crippen LogP) is 4.34. The molecule has 5 aliphatic rings. The lowest BCUT2D eigenvalue weighted by Crippen LogP contribution is -2.70. The van der Waals surface area contributed by atoms with Crippen molar-refractivity contribution in [2.24, 2.45) is 23.7 Å². The van der Waals surface area contributed by atoms with Crippen molar-refractivity contribution >= 4 is 11.7 Å². The highest BCUT2D eigenvalue weighted by Crippen LogP contribution is 2.60. The van der Waals surface area contributed by atoms with Gasteiger partial charge in [-0.25, -0.2) is 14.6 Å². The highest BCUT2D eigenvalue weighted by molar-refractivity contribution is 5.89. The average Bonchev–Trinajstić information content (AvgIpc) is 3.02. The lowest BCUT2D eigenvalue weighted by Gasteiger charge is -2.60. The smallest absolute Gasteiger partial charge is 0.319 e. The van der Waals surface area contributed by atoms with Crippen LogP contribution in [0.1, 0.15) is 52.0 Å². The summed E-state index contributed by atoms with van der Waals surface area (Å²) in [5.41, 5.74) is 1.22. The van der Waals surface area contributed by atoms with Gasteiger partial charge in [0.1, 0.15) is 0 Å². The van der Waals surface area contributed by atoms with Crippen molar-refractivity contribution in [3.05, 3.63) is 29.8 Å². The Morgan fingerprint density at radius 3 is 2.79 bits per heavy atom. The molecule has 5 fully saturated rings. The number of carbonyl (C=O) groups excluding carboxylic acids is 1. The number of benzene rings is 1. The van der Waals surface area contributed by atoms with E-state index in [1.165, 1.54) is 0 Å². The Morgan fingerprint density at radius 2 is 1.97 bits per heavy atom. The standard InChI is InChI=1S/C25H36N2O6/c1-15-9-10-19-17(3)21(29-14-13-26-23(28)27-20-8-6-5-7-16(20)2)30-22-25(19)18(15)11-12-24(4,31-22)32-33-25/h5-8,15,17-19,21-22H,9-14H2,1-4H3,(H2,26,27,28)/t15-,17-,18+,19+,21-,22-,24+,25-/m1/s1. The van der Waals surface area contributed by atoms with E-state index in [4.69, 9.17) is 24.0 Å². The fraction of sp³-hybridized carbons (Fsp3) is 0.720. The first-order valence-corrected chi connectivity index (χ1v) is 12.2. The van der Waals surface area contributed by atoms with E-state index < -0.39 is 24.0 Å². The number of para-hydroxylation sites is 1. The molecule has 182 valence electrons. The molecule has 1 aliphatic carbocycles. The maximum absolute atomic E-state index is 12.2. The van der Waals surface area contributed by atoms with Gasteiger partial charge in [-0.2, -0.15) is 0 Å². The number of rotatable bonds is 5. The molecule has 6 rings (SSSR count). The lowest BCUT2D eigenvalue weighted by molar-refractivity contribution is -0.577. The van der Waals surface area contributed by atoms with Gasteiger partial charge in [-0.3, -0.25) is 0 Å². The number of aryl methyl sites for hydroxylation is 1. The largest absolute Gasteiger partial charge is 0.350 e. The van der Waals surface area contributed by atoms with Crippen molar-refractivity contribution in [1.82, 2.24) is 5.32 Å². The Morgan fingerprint density at radius 1 is 1.15 bits per heavy atom. The fourth-order valence-corrected chi connectivity index (χ4v) is 6.28. The highest BCUT2D eigenvalue weighted by Gasteiger charge is 2.69. The summed E-state index contributed by atoms with van der Waals surface area (Å²) in [7, 11) is 0. The zero-order valence-corrected chi connectivity index (χ0v) is 20.0. The predicted molar refractivity (Wildman–Crippen MR) is 121 cm³/mol. The Kier molecular flexibility index (Phi) is 6.16. The van der Waals surface area contributed by atoms with Crippen LogP contribution in [0.4, 0.5) is 10.5 Å². The van der Waals surface area contributed by atoms with Crippen LogP contribution in [0.2, 0.25) is 0 Å². The minimum Gasteiger partial charge on any atom is -0.350 e. The zero-order chi connectivity index (χ0) is 23.2. The third-order valence-electron chi connectivity index (χ3n) is 8.16. The number of nitrogens with one attached hydrogen (secondary N) is 2. The second kappa shape index (κ2) is 8.82. The molecule has 8 heteroatoms. The fourth-order valence-electron chi connectivity index (χ4n) is 6.28. The Hall–Kier alpha value is -1.71. The van der Waals surface area contributed by atoms with Crippen LogP contribution >= 0.6 is 0 Å². The van der Waals surface area contributed by atoms with Gasteiger partial charge in [-0.15, -0.1) is 0 Å². The molecule has 2 N–H and O–H groups in total. The Bertz CT molecular complexity index is 882. The first-order chi connectivity index (χ1) is 15.8. The average molecular weight is 461 g/mol. The van der Waals surface area contributed by atoms with Crippen LogP contribution in [-0.2, 0) is 24.0 Å². The molecule has 2 bridgehead atoms. The monoisotopic (exact) mass is 460 g/mol. The van der Waals surface area contributed by atoms with Crippen LogP contribution in [0, 0.1) is 30.6 Å². The summed E-state index contributed by atoms with van der Waals surface area (Å²) in [6.07, 6.45) is 3.03. The summed E-state index contributed by atoms with van der Waals surface area (Å²) in [5.74, 6) is 0.410. The maximum Gasteiger partial charge on any atom is 0.319 e. The molecule has 8 atom stereocenters. The summed E-state index contributed by atoms with van der Waals surface area (Å²) in [4.78, 5) is 24.2. The SMILES string of the molecule is Cc1ccccc1NC(=O)NCCO[C@@H]1O[C@@H]2O[C@]3(C)CC[C@H]4[C@H](C)CC[C@@H]([C@H]1C)[C@@]24OO3. The van der Waals surface area contributed by atoms with Gasteiger partial charge in [-0.1, -0.05) is 32.0 Å². The van der Waals surface area contributed by atoms with Crippen molar-refractivity contribution in [2.75, 3.05) is 18.5 Å². The number of hydrogen-bond donors (Lipinski definition) is 2. The van der Waals surface area contributed by atoms with E-state index in [0.29, 0.717) is 25.0 Å². The van der Waals surface area contributed by atoms with Gasteiger partial charge in [0, 0.05) is 30.5 Å². The molecule has 2 amide bonds. The van der Waals surface area contributed by atoms with E-state index in [9.17, 15) is 4.79 Å². The molecule has 0 unspecified atom stereocenters. The molecule has 33 heavy (non-hydrogen) atoms. The van der Waals surface area contributed by atoms with Crippen molar-refractivity contribution < 1.29 is 28.8 Å². The van der Waals surface area contributed by atoms with Crippen LogP contribution in [0.15, 0.2) is 24.3 Å². The van der Waals surface area contributed by atoms with Crippen molar-refractivity contribution in [3.63, 3.8) is 0 Å². The number of amides is 2. The van der Waals surface area contributed by atoms with Gasteiger partial charge >= 0.3 is 6.03 Å². The molecule has 1 aromatic carbocycles. The van der Waals surface area contributed by atoms with E-state index in [0.717, 1.165) is 36.9 Å². The number of anilines is 1. The summed E-state index contributed by atoms with van der Waals surface area (Å²) in [6.45, 7) is 9.07. The van der Waals surface area contributed by atoms with E-state index in [-0.39, 0.29) is 17.9 Å². The highest BCUT2D eigenvalue weighted by atomic mass is 17.3. The van der Waals surface area contributed by atoms with Gasteiger partial charge in [0.05, 0.1) is 6.61 Å². The van der Waals surface area contributed by atoms with Crippen LogP contribution in [0.3, 0.4) is 0 Å². The summed E-state index contributed by atoms with van der Waals surface area (Å²) in [5, 5.41) is 5.72. The summed E-state index contributed by atoms with van der Waals surface area (Å²) >= 11 is 0. The quantitative estimate of drug-likeness (QED) is 0.502. The lowest BCUT2D eigenvalue weighted by atomic mass is 9.58. The first kappa shape index (κ1) is 23.1. The van der Waals surface area contributed by atoms with E-state index in [1.807, 2.05) is 38.1 Å². The van der Waals surface area contributed by atoms with E-state index in [2.05, 4.69) is 24.5 Å². The number of fused-ring (bicyclic) bond motifs is 2. The normalized spacial score (nSPS) is 41.7. The van der Waals surface area contributed by atoms with Crippen LogP contribution in [0.5, 0.6) is 0 Å². The van der Waals surface area contributed by atoms with E-state index >= 15 is 0 Å². The van der Waals surface area contributed by atoms with Crippen molar-refractivity contribution in [1.29, 1.82) is 0 Å². The third kappa shape index (κ3) is 4.06. The Labute approximate surface area is 195 Å². The summed E-state index contributed by atoms with van der Waals surface area (Å²) < 4.78 is 18.9. The zero-order valence-electron chi connectivity index (χ0n) is 20.0. The minimum absolute atomic E-state index is 0.117. The van der Waals surface area contributed by atoms with Gasteiger partial charge < -0.3 is 24.8 Å². The molecular weight excluding hydrogens is 424 g/mol. The minimum atomic E-state index is -0.794. The first-order valence-electron chi connectivity index (χ1n) is 12.2. The molecule has 1 aromatic rings. The molecule has 1 saturated carbocycles. The second-order valence-electron chi connectivity index (χ2n) is 10.3. The van der Waals surface area contributed by atoms with Gasteiger partial charge in [0.15, 0.2) is 18.2 Å². The number of carbonyl (C=O) groups is 1. The molecule has 0 aromatic heterocycles. The third-order valence-corrected chi connectivity index (χ3v) is 8.16. The van der Waals surface area contributed by atoms with Crippen molar-refractivity contribution in [3.8, 4) is 0 Å².